The average molecular weight is 422 g/mol. The highest BCUT2D eigenvalue weighted by Gasteiger charge is 2.19. The first kappa shape index (κ1) is 25.9. The fourth-order valence-corrected chi connectivity index (χ4v) is 3.57. The molecule has 1 rings (SSSR count). The summed E-state index contributed by atoms with van der Waals surface area (Å²) in [5, 5.41) is 11.1. The Morgan fingerprint density at radius 2 is 1.33 bits per heavy atom. The van der Waals surface area contributed by atoms with E-state index in [2.05, 4.69) is 6.92 Å². The molecular weight excluding hydrogens is 382 g/mol. The molecule has 0 fully saturated rings. The summed E-state index contributed by atoms with van der Waals surface area (Å²) in [7, 11) is 1.45. The van der Waals surface area contributed by atoms with Gasteiger partial charge in [-0.2, -0.15) is 0 Å². The number of carbonyl (C=O) groups excluding carboxylic acids is 1. The number of aldehydes is 1. The third kappa shape index (κ3) is 10.6. The van der Waals surface area contributed by atoms with E-state index in [4.69, 9.17) is 9.47 Å². The quantitative estimate of drug-likeness (QED) is 0.101. The number of nitro groups is 1. The minimum absolute atomic E-state index is 0.0132. The predicted molar refractivity (Wildman–Crippen MR) is 121 cm³/mol. The highest BCUT2D eigenvalue weighted by atomic mass is 16.6. The van der Waals surface area contributed by atoms with Gasteiger partial charge in [0.25, 0.3) is 5.69 Å². The Kier molecular flexibility index (Phi) is 14.4. The van der Waals surface area contributed by atoms with E-state index < -0.39 is 4.92 Å². The second-order valence-electron chi connectivity index (χ2n) is 7.88. The van der Waals surface area contributed by atoms with Crippen LogP contribution in [0.15, 0.2) is 12.1 Å². The van der Waals surface area contributed by atoms with E-state index in [1.54, 1.807) is 0 Å². The summed E-state index contributed by atoms with van der Waals surface area (Å²) in [6, 6.07) is 2.62. The Balaban J connectivity index is 2.11. The number of ether oxygens (including phenoxy) is 2. The molecule has 170 valence electrons. The van der Waals surface area contributed by atoms with Crippen LogP contribution in [0.2, 0.25) is 0 Å². The van der Waals surface area contributed by atoms with Crippen molar-refractivity contribution in [2.24, 2.45) is 0 Å². The summed E-state index contributed by atoms with van der Waals surface area (Å²) >= 11 is 0. The van der Waals surface area contributed by atoms with Crippen molar-refractivity contribution in [2.75, 3.05) is 13.7 Å². The van der Waals surface area contributed by atoms with Crippen molar-refractivity contribution in [3.63, 3.8) is 0 Å². The van der Waals surface area contributed by atoms with Gasteiger partial charge in [0.15, 0.2) is 17.8 Å². The van der Waals surface area contributed by atoms with Crippen molar-refractivity contribution < 1.29 is 19.2 Å². The predicted octanol–water partition coefficient (Wildman–Crippen LogP) is 7.28. The van der Waals surface area contributed by atoms with Crippen LogP contribution in [-0.2, 0) is 0 Å². The van der Waals surface area contributed by atoms with Gasteiger partial charge in [0.05, 0.1) is 30.3 Å². The second kappa shape index (κ2) is 16.7. The van der Waals surface area contributed by atoms with Gasteiger partial charge in [-0.15, -0.1) is 0 Å². The van der Waals surface area contributed by atoms with Gasteiger partial charge < -0.3 is 9.47 Å². The van der Waals surface area contributed by atoms with Gasteiger partial charge in [-0.1, -0.05) is 90.4 Å². The Hall–Kier alpha value is -2.11. The summed E-state index contributed by atoms with van der Waals surface area (Å²) in [6.07, 6.45) is 18.5. The lowest BCUT2D eigenvalue weighted by molar-refractivity contribution is -0.385. The molecular formula is C24H39NO5. The van der Waals surface area contributed by atoms with Crippen LogP contribution in [0.1, 0.15) is 107 Å². The number of nitro benzene ring substituents is 1. The van der Waals surface area contributed by atoms with E-state index in [-0.39, 0.29) is 11.3 Å². The van der Waals surface area contributed by atoms with E-state index in [9.17, 15) is 14.9 Å². The summed E-state index contributed by atoms with van der Waals surface area (Å²) < 4.78 is 10.9. The zero-order valence-corrected chi connectivity index (χ0v) is 18.8. The highest BCUT2D eigenvalue weighted by Crippen LogP contribution is 2.34. The zero-order valence-electron chi connectivity index (χ0n) is 18.8. The summed E-state index contributed by atoms with van der Waals surface area (Å²) in [6.45, 7) is 2.73. The zero-order chi connectivity index (χ0) is 22.0. The molecule has 0 unspecified atom stereocenters. The van der Waals surface area contributed by atoms with Gasteiger partial charge >= 0.3 is 0 Å². The minimum Gasteiger partial charge on any atom is -0.493 e. The van der Waals surface area contributed by atoms with Crippen molar-refractivity contribution >= 4 is 12.0 Å². The van der Waals surface area contributed by atoms with Crippen LogP contribution in [0.25, 0.3) is 0 Å². The molecule has 0 radical (unpaired) electrons. The van der Waals surface area contributed by atoms with Gasteiger partial charge in [0.2, 0.25) is 0 Å². The Morgan fingerprint density at radius 1 is 0.833 bits per heavy atom. The number of unbranched alkanes of at least 4 members (excludes halogenated alkanes) is 13. The van der Waals surface area contributed by atoms with Crippen molar-refractivity contribution in [1.29, 1.82) is 0 Å². The molecule has 0 aliphatic heterocycles. The van der Waals surface area contributed by atoms with E-state index in [1.807, 2.05) is 0 Å². The first-order chi connectivity index (χ1) is 14.6. The molecule has 1 aromatic carbocycles. The van der Waals surface area contributed by atoms with Gasteiger partial charge in [-0.05, 0) is 6.42 Å². The molecule has 0 aromatic heterocycles. The largest absolute Gasteiger partial charge is 0.493 e. The van der Waals surface area contributed by atoms with Gasteiger partial charge in [-0.25, -0.2) is 0 Å². The number of rotatable bonds is 19. The van der Waals surface area contributed by atoms with Crippen LogP contribution in [0.5, 0.6) is 11.5 Å². The first-order valence-corrected chi connectivity index (χ1v) is 11.6. The van der Waals surface area contributed by atoms with Crippen LogP contribution in [0.4, 0.5) is 5.69 Å². The fourth-order valence-electron chi connectivity index (χ4n) is 3.57. The molecule has 30 heavy (non-hydrogen) atoms. The van der Waals surface area contributed by atoms with Crippen LogP contribution < -0.4 is 9.47 Å². The number of carbonyl (C=O) groups is 1. The monoisotopic (exact) mass is 421 g/mol. The van der Waals surface area contributed by atoms with E-state index in [1.165, 1.54) is 96.3 Å². The molecule has 0 N–H and O–H groups in total. The van der Waals surface area contributed by atoms with Crippen molar-refractivity contribution in [1.82, 2.24) is 0 Å². The lowest BCUT2D eigenvalue weighted by Crippen LogP contribution is -2.02. The molecule has 0 bridgehead atoms. The van der Waals surface area contributed by atoms with E-state index in [0.717, 1.165) is 12.8 Å². The van der Waals surface area contributed by atoms with Gasteiger partial charge in [0.1, 0.15) is 0 Å². The molecule has 0 amide bonds. The minimum atomic E-state index is -0.581. The smallest absolute Gasteiger partial charge is 0.283 e. The van der Waals surface area contributed by atoms with Crippen LogP contribution in [0.3, 0.4) is 0 Å². The SMILES string of the molecule is CCCCCCCCCCCCCCCCOc1cc([N+](=O)[O-])c(C=O)cc1OC. The molecule has 6 nitrogen and oxygen atoms in total. The molecule has 0 heterocycles. The Labute approximate surface area is 181 Å². The van der Waals surface area contributed by atoms with Crippen molar-refractivity contribution in [3.8, 4) is 11.5 Å². The number of hydrogen-bond acceptors (Lipinski definition) is 5. The Bertz CT molecular complexity index is 618. The van der Waals surface area contributed by atoms with Gasteiger partial charge in [0, 0.05) is 6.07 Å². The Morgan fingerprint density at radius 3 is 1.77 bits per heavy atom. The standard InChI is InChI=1S/C24H39NO5/c1-3-4-5-6-7-8-9-10-11-12-13-14-15-16-17-30-24-19-22(25(27)28)21(20-26)18-23(24)29-2/h18-20H,3-17H2,1-2H3. The van der Waals surface area contributed by atoms with Crippen molar-refractivity contribution in [2.45, 2.75) is 96.8 Å². The third-order valence-electron chi connectivity index (χ3n) is 5.39. The molecule has 0 saturated carbocycles. The lowest BCUT2D eigenvalue weighted by atomic mass is 10.0. The summed E-state index contributed by atoms with van der Waals surface area (Å²) in [5.74, 6) is 0.651. The third-order valence-corrected chi connectivity index (χ3v) is 5.39. The summed E-state index contributed by atoms with van der Waals surface area (Å²) in [4.78, 5) is 21.5. The normalized spacial score (nSPS) is 10.7. The number of methoxy groups -OCH3 is 1. The maximum Gasteiger partial charge on any atom is 0.283 e. The topological polar surface area (TPSA) is 78.7 Å². The first-order valence-electron chi connectivity index (χ1n) is 11.6. The lowest BCUT2D eigenvalue weighted by Gasteiger charge is -2.11. The molecule has 6 heteroatoms. The van der Waals surface area contributed by atoms with Gasteiger partial charge in [-0.3, -0.25) is 14.9 Å². The highest BCUT2D eigenvalue weighted by molar-refractivity contribution is 5.83. The van der Waals surface area contributed by atoms with E-state index in [0.29, 0.717) is 24.4 Å². The molecule has 0 saturated heterocycles. The molecule has 0 aliphatic rings. The number of benzene rings is 1. The van der Waals surface area contributed by atoms with Crippen molar-refractivity contribution in [3.05, 3.63) is 27.8 Å². The second-order valence-corrected chi connectivity index (χ2v) is 7.88. The van der Waals surface area contributed by atoms with E-state index >= 15 is 0 Å². The molecule has 1 aromatic rings. The average Bonchev–Trinajstić information content (AvgIpc) is 2.75. The fraction of sp³-hybridized carbons (Fsp3) is 0.708. The molecule has 0 aliphatic carbocycles. The molecule has 0 spiro atoms. The maximum absolute atomic E-state index is 11.1. The van der Waals surface area contributed by atoms with Crippen LogP contribution in [-0.4, -0.2) is 24.9 Å². The van der Waals surface area contributed by atoms with Crippen LogP contribution >= 0.6 is 0 Å². The maximum atomic E-state index is 11.1. The number of hydrogen-bond donors (Lipinski definition) is 0. The number of nitrogens with zero attached hydrogens (tertiary/aromatic N) is 1. The summed E-state index contributed by atoms with van der Waals surface area (Å²) in [5.41, 5.74) is -0.276. The van der Waals surface area contributed by atoms with Crippen LogP contribution in [0, 0.1) is 10.1 Å². The molecule has 0 atom stereocenters.